The molecule has 3 atom stereocenters. The lowest BCUT2D eigenvalue weighted by molar-refractivity contribution is 0.154. The third kappa shape index (κ3) is 16.6. The van der Waals surface area contributed by atoms with E-state index in [4.69, 9.17) is 0 Å². The van der Waals surface area contributed by atoms with Crippen LogP contribution in [0.2, 0.25) is 0 Å². The first-order valence-electron chi connectivity index (χ1n) is 40.1. The second-order valence-electron chi connectivity index (χ2n) is 31.5. The van der Waals surface area contributed by atoms with Crippen molar-refractivity contribution < 1.29 is 0 Å². The van der Waals surface area contributed by atoms with Crippen molar-refractivity contribution in [2.45, 2.75) is 219 Å². The van der Waals surface area contributed by atoms with Gasteiger partial charge in [0, 0.05) is 17.8 Å². The molecule has 11 aliphatic rings. The van der Waals surface area contributed by atoms with E-state index >= 15 is 0 Å². The van der Waals surface area contributed by atoms with Gasteiger partial charge >= 0.3 is 0 Å². The van der Waals surface area contributed by atoms with Gasteiger partial charge in [-0.05, 0) is 274 Å². The molecule has 3 unspecified atom stereocenters. The lowest BCUT2D eigenvalue weighted by atomic mass is 9.67. The summed E-state index contributed by atoms with van der Waals surface area (Å²) in [5.41, 5.74) is 30.9. The molecule has 0 nitrogen and oxygen atoms in total. The molecule has 0 aliphatic heterocycles. The van der Waals surface area contributed by atoms with Crippen LogP contribution < -0.4 is 0 Å². The Labute approximate surface area is 598 Å². The van der Waals surface area contributed by atoms with Crippen LogP contribution in [0.4, 0.5) is 0 Å². The van der Waals surface area contributed by atoms with Crippen LogP contribution in [0.3, 0.4) is 0 Å². The van der Waals surface area contributed by atoms with Crippen LogP contribution >= 0.6 is 0 Å². The molecule has 99 heavy (non-hydrogen) atoms. The molecule has 0 N–H and O–H groups in total. The summed E-state index contributed by atoms with van der Waals surface area (Å²) in [6, 6.07) is 45.0. The Hall–Kier alpha value is -7.54. The summed E-state index contributed by atoms with van der Waals surface area (Å²) in [4.78, 5) is 0. The van der Waals surface area contributed by atoms with Gasteiger partial charge in [-0.1, -0.05) is 310 Å². The molecule has 3 saturated carbocycles. The van der Waals surface area contributed by atoms with Gasteiger partial charge in [-0.2, -0.15) is 0 Å². The number of rotatable bonds is 22. The highest BCUT2D eigenvalue weighted by Crippen LogP contribution is 2.48. The minimum absolute atomic E-state index is 0.401. The zero-order valence-electron chi connectivity index (χ0n) is 60.9. The zero-order chi connectivity index (χ0) is 67.3. The monoisotopic (exact) mass is 1300 g/mol. The third-order valence-electron chi connectivity index (χ3n) is 25.4. The van der Waals surface area contributed by atoms with E-state index in [1.807, 2.05) is 0 Å². The van der Waals surface area contributed by atoms with E-state index in [-0.39, 0.29) is 0 Å². The number of hydrogen-bond acceptors (Lipinski definition) is 0. The molecule has 11 aliphatic carbocycles. The Morgan fingerprint density at radius 3 is 1.42 bits per heavy atom. The van der Waals surface area contributed by atoms with Gasteiger partial charge in [0.15, 0.2) is 0 Å². The van der Waals surface area contributed by atoms with Gasteiger partial charge in [0.1, 0.15) is 0 Å². The van der Waals surface area contributed by atoms with Crippen molar-refractivity contribution in [2.75, 3.05) is 0 Å². The van der Waals surface area contributed by atoms with Crippen LogP contribution in [-0.4, -0.2) is 0 Å². The SMILES string of the molecule is CCC(CC)CCCCc1ccc(CC2=CC=C(c3ccc4c(c3)CCC4)C3C=CC=C23)cc1.CCCC1CCC(c2ccc(CC3=CC=C(C4=CCCC=C4)C4C=CC=C34)cc2)CC1.CCc1ccc(C2=CC=C(Cc3ccc(C4CCC(C5CCC5)CC4)cc3)C3=CC=CC32)cc1. The third-order valence-corrected chi connectivity index (χ3v) is 25.4. The fourth-order valence-corrected chi connectivity index (χ4v) is 18.9. The van der Waals surface area contributed by atoms with Gasteiger partial charge in [0.25, 0.3) is 0 Å². The first-order valence-corrected chi connectivity index (χ1v) is 40.1. The molecule has 0 amide bonds. The molecule has 0 heterocycles. The van der Waals surface area contributed by atoms with Crippen molar-refractivity contribution in [2.24, 2.45) is 41.4 Å². The topological polar surface area (TPSA) is 0 Å². The maximum atomic E-state index is 2.46. The van der Waals surface area contributed by atoms with E-state index in [0.717, 1.165) is 61.2 Å². The number of unbranched alkanes of at least 4 members (excludes halogenated alkanes) is 1. The predicted octanol–water partition coefficient (Wildman–Crippen LogP) is 26.6. The Kier molecular flexibility index (Phi) is 23.1. The van der Waals surface area contributed by atoms with Crippen molar-refractivity contribution in [3.8, 4) is 0 Å². The van der Waals surface area contributed by atoms with Gasteiger partial charge in [0.2, 0.25) is 0 Å². The van der Waals surface area contributed by atoms with E-state index in [9.17, 15) is 0 Å². The van der Waals surface area contributed by atoms with Crippen LogP contribution in [0.5, 0.6) is 0 Å². The summed E-state index contributed by atoms with van der Waals surface area (Å²) in [5, 5.41) is 0. The summed E-state index contributed by atoms with van der Waals surface area (Å²) in [5.74, 6) is 6.83. The minimum Gasteiger partial charge on any atom is -0.0836 e. The second kappa shape index (κ2) is 33.3. The summed E-state index contributed by atoms with van der Waals surface area (Å²) in [6.07, 6.45) is 79.0. The van der Waals surface area contributed by atoms with Crippen LogP contribution in [-0.2, 0) is 44.9 Å². The summed E-state index contributed by atoms with van der Waals surface area (Å²) >= 11 is 0. The summed E-state index contributed by atoms with van der Waals surface area (Å²) < 4.78 is 0. The van der Waals surface area contributed by atoms with Crippen molar-refractivity contribution in [3.63, 3.8) is 0 Å². The number of aryl methyl sites for hydroxylation is 4. The molecular weight excluding hydrogens is 1190 g/mol. The fourth-order valence-electron chi connectivity index (χ4n) is 18.9. The first-order chi connectivity index (χ1) is 48.8. The molecular formula is C99H114. The Morgan fingerprint density at radius 1 is 0.404 bits per heavy atom. The smallest absolute Gasteiger partial charge is 0.0281 e. The lowest BCUT2D eigenvalue weighted by Crippen LogP contribution is -2.25. The molecule has 16 rings (SSSR count). The number of hydrogen-bond donors (Lipinski definition) is 0. The lowest BCUT2D eigenvalue weighted by Gasteiger charge is -2.38. The largest absolute Gasteiger partial charge is 0.0836 e. The van der Waals surface area contributed by atoms with Gasteiger partial charge < -0.3 is 0 Å². The molecule has 0 saturated heterocycles. The van der Waals surface area contributed by atoms with E-state index in [1.165, 1.54) is 249 Å². The van der Waals surface area contributed by atoms with Crippen molar-refractivity contribution in [3.05, 3.63) is 330 Å². The highest BCUT2D eigenvalue weighted by Gasteiger charge is 2.33. The van der Waals surface area contributed by atoms with Gasteiger partial charge in [0.05, 0.1) is 0 Å². The van der Waals surface area contributed by atoms with Crippen LogP contribution in [0.15, 0.2) is 269 Å². The molecule has 510 valence electrons. The maximum Gasteiger partial charge on any atom is 0.0281 e. The molecule has 0 spiro atoms. The molecule has 3 fully saturated rings. The normalized spacial score (nSPS) is 24.0. The van der Waals surface area contributed by atoms with Crippen molar-refractivity contribution in [1.29, 1.82) is 0 Å². The number of benzene rings is 5. The summed E-state index contributed by atoms with van der Waals surface area (Å²) in [6.45, 7) is 9.21. The van der Waals surface area contributed by atoms with Crippen LogP contribution in [0, 0.1) is 41.4 Å². The van der Waals surface area contributed by atoms with Gasteiger partial charge in [-0.25, -0.2) is 0 Å². The van der Waals surface area contributed by atoms with E-state index in [2.05, 4.69) is 252 Å². The fraction of sp³-hybridized carbons (Fsp3) is 0.414. The van der Waals surface area contributed by atoms with E-state index < -0.39 is 0 Å². The summed E-state index contributed by atoms with van der Waals surface area (Å²) in [7, 11) is 0. The molecule has 0 bridgehead atoms. The van der Waals surface area contributed by atoms with Gasteiger partial charge in [-0.3, -0.25) is 0 Å². The standard InChI is InChI=1S/C34H38.C34H40.C31H36/c1-2-24-9-15-30(16-10-24)33-22-21-31(32-7-4-8-34(32)33)23-25-11-13-27(14-12-25)29-19-17-28(18-20-29)26-5-3-6-26;1-3-25(4-2)9-5-6-10-26-15-17-27(18-16-26)23-30-21-22-33(34-14-8-13-32(30)34)31-20-19-28-11-7-12-29(28)24-31;1-2-7-23-12-16-25(17-13-23)26-18-14-24(15-19-26)22-28-20-21-30(27-8-4-3-5-9-27)31-11-6-10-29(28)31/h4,7-16,21-22,26,28-29,34H,2-3,5-6,17-20,23H2,1H3;8,13-22,24-25,34H,3-7,9-12,23H2,1-2H3;4,6,8-11,14-15,18-21,23,25,31H,2-3,5,7,12-13,16-17,22H2,1H3. The molecule has 0 aromatic heterocycles. The number of fused-ring (bicyclic) bond motifs is 4. The quantitative estimate of drug-likeness (QED) is 0.0606. The molecule has 5 aromatic carbocycles. The van der Waals surface area contributed by atoms with Crippen molar-refractivity contribution in [1.82, 2.24) is 0 Å². The second-order valence-corrected chi connectivity index (χ2v) is 31.5. The molecule has 0 heteroatoms. The Bertz CT molecular complexity index is 4050. The first kappa shape index (κ1) is 68.6. The van der Waals surface area contributed by atoms with Crippen molar-refractivity contribution >= 4 is 11.1 Å². The van der Waals surface area contributed by atoms with E-state index in [1.54, 1.807) is 22.3 Å². The highest BCUT2D eigenvalue weighted by molar-refractivity contribution is 5.80. The molecule has 5 aromatic rings. The number of allylic oxidation sites excluding steroid dienone is 28. The Balaban J connectivity index is 0.000000127. The van der Waals surface area contributed by atoms with Gasteiger partial charge in [-0.15, -0.1) is 0 Å². The highest BCUT2D eigenvalue weighted by atomic mass is 14.4. The average Bonchev–Trinajstić information content (AvgIpc) is 1.74. The maximum absolute atomic E-state index is 2.46. The zero-order valence-corrected chi connectivity index (χ0v) is 60.9. The predicted molar refractivity (Wildman–Crippen MR) is 425 cm³/mol. The molecule has 0 radical (unpaired) electrons. The van der Waals surface area contributed by atoms with E-state index in [0.29, 0.717) is 17.8 Å². The van der Waals surface area contributed by atoms with Crippen LogP contribution in [0.25, 0.3) is 11.1 Å². The Morgan fingerprint density at radius 2 is 0.899 bits per heavy atom. The minimum atomic E-state index is 0.401. The van der Waals surface area contributed by atoms with Crippen LogP contribution in [0.1, 0.15) is 236 Å². The average molecular weight is 1300 g/mol.